The minimum absolute atomic E-state index is 0.648. The third-order valence-corrected chi connectivity index (χ3v) is 4.13. The van der Waals surface area contributed by atoms with Crippen molar-refractivity contribution in [3.8, 4) is 5.75 Å². The first-order valence-corrected chi connectivity index (χ1v) is 7.96. The molecule has 1 aromatic carbocycles. The van der Waals surface area contributed by atoms with E-state index < -0.39 is 8.32 Å². The van der Waals surface area contributed by atoms with Crippen LogP contribution in [0.2, 0.25) is 13.1 Å². The van der Waals surface area contributed by atoms with Crippen LogP contribution in [0.4, 0.5) is 0 Å². The first-order chi connectivity index (χ1) is 7.07. The SMILES string of the molecule is C=C[Si](C)(C)OCc1ccc(OC)cc1. The summed E-state index contributed by atoms with van der Waals surface area (Å²) < 4.78 is 10.9. The molecule has 0 fully saturated rings. The first kappa shape index (κ1) is 12.0. The number of rotatable bonds is 5. The maximum atomic E-state index is 5.82. The molecule has 1 rings (SSSR count). The van der Waals surface area contributed by atoms with E-state index in [0.717, 1.165) is 5.75 Å². The summed E-state index contributed by atoms with van der Waals surface area (Å²) in [4.78, 5) is 0. The molecule has 0 heterocycles. The summed E-state index contributed by atoms with van der Waals surface area (Å²) in [5.41, 5.74) is 3.11. The number of hydrogen-bond acceptors (Lipinski definition) is 2. The van der Waals surface area contributed by atoms with Crippen molar-refractivity contribution in [1.82, 2.24) is 0 Å². The van der Waals surface area contributed by atoms with Gasteiger partial charge in [0.1, 0.15) is 5.75 Å². The Morgan fingerprint density at radius 2 is 1.87 bits per heavy atom. The average molecular weight is 222 g/mol. The molecule has 15 heavy (non-hydrogen) atoms. The Kier molecular flexibility index (Phi) is 4.12. The summed E-state index contributed by atoms with van der Waals surface area (Å²) in [6.45, 7) is 8.69. The van der Waals surface area contributed by atoms with E-state index in [-0.39, 0.29) is 0 Å². The minimum atomic E-state index is -1.65. The average Bonchev–Trinajstić information content (AvgIpc) is 2.27. The van der Waals surface area contributed by atoms with Crippen LogP contribution in [-0.2, 0) is 11.0 Å². The molecule has 0 N–H and O–H groups in total. The van der Waals surface area contributed by atoms with Crippen LogP contribution in [0.3, 0.4) is 0 Å². The maximum absolute atomic E-state index is 5.82. The highest BCUT2D eigenvalue weighted by Crippen LogP contribution is 2.14. The molecule has 0 bridgehead atoms. The normalized spacial score (nSPS) is 11.1. The zero-order valence-corrected chi connectivity index (χ0v) is 10.6. The lowest BCUT2D eigenvalue weighted by Gasteiger charge is -2.18. The fraction of sp³-hybridized carbons (Fsp3) is 0.333. The highest BCUT2D eigenvalue weighted by molar-refractivity contribution is 6.76. The molecule has 82 valence electrons. The molecular formula is C12H18O2Si. The Labute approximate surface area is 92.7 Å². The predicted octanol–water partition coefficient (Wildman–Crippen LogP) is 3.14. The summed E-state index contributed by atoms with van der Waals surface area (Å²) in [5.74, 6) is 0.874. The van der Waals surface area contributed by atoms with E-state index in [1.54, 1.807) is 7.11 Å². The van der Waals surface area contributed by atoms with Gasteiger partial charge in [0.05, 0.1) is 13.7 Å². The van der Waals surface area contributed by atoms with Gasteiger partial charge in [-0.1, -0.05) is 17.8 Å². The monoisotopic (exact) mass is 222 g/mol. The largest absolute Gasteiger partial charge is 0.497 e. The first-order valence-electron chi connectivity index (χ1n) is 4.98. The Balaban J connectivity index is 2.54. The van der Waals surface area contributed by atoms with E-state index in [4.69, 9.17) is 9.16 Å². The van der Waals surface area contributed by atoms with Crippen molar-refractivity contribution >= 4 is 8.32 Å². The summed E-state index contributed by atoms with van der Waals surface area (Å²) in [5, 5.41) is 0. The van der Waals surface area contributed by atoms with Gasteiger partial charge in [-0.3, -0.25) is 0 Å². The van der Waals surface area contributed by atoms with E-state index in [0.29, 0.717) is 6.61 Å². The standard InChI is InChI=1S/C12H18O2Si/c1-5-15(3,4)14-10-11-6-8-12(13-2)9-7-11/h5-9H,1,10H2,2-4H3. The third kappa shape index (κ3) is 3.89. The molecule has 0 spiro atoms. The van der Waals surface area contributed by atoms with E-state index in [2.05, 4.69) is 19.7 Å². The van der Waals surface area contributed by atoms with E-state index in [1.807, 2.05) is 30.0 Å². The van der Waals surface area contributed by atoms with Gasteiger partial charge in [0.2, 0.25) is 8.32 Å². The van der Waals surface area contributed by atoms with Crippen LogP contribution in [0, 0.1) is 0 Å². The van der Waals surface area contributed by atoms with Crippen molar-refractivity contribution in [2.45, 2.75) is 19.7 Å². The number of ether oxygens (including phenoxy) is 1. The predicted molar refractivity (Wildman–Crippen MR) is 65.5 cm³/mol. The van der Waals surface area contributed by atoms with Gasteiger partial charge in [0, 0.05) is 0 Å². The molecule has 0 saturated heterocycles. The van der Waals surface area contributed by atoms with Gasteiger partial charge in [0.25, 0.3) is 0 Å². The second kappa shape index (κ2) is 5.14. The van der Waals surface area contributed by atoms with Crippen molar-refractivity contribution in [2.24, 2.45) is 0 Å². The quantitative estimate of drug-likeness (QED) is 0.713. The van der Waals surface area contributed by atoms with Gasteiger partial charge < -0.3 is 9.16 Å². The lowest BCUT2D eigenvalue weighted by atomic mass is 10.2. The van der Waals surface area contributed by atoms with Crippen LogP contribution in [-0.4, -0.2) is 15.4 Å². The number of methoxy groups -OCH3 is 1. The maximum Gasteiger partial charge on any atom is 0.210 e. The highest BCUT2D eigenvalue weighted by Gasteiger charge is 2.16. The van der Waals surface area contributed by atoms with E-state index >= 15 is 0 Å². The summed E-state index contributed by atoms with van der Waals surface area (Å²) >= 11 is 0. The minimum Gasteiger partial charge on any atom is -0.497 e. The second-order valence-corrected chi connectivity index (χ2v) is 7.85. The lowest BCUT2D eigenvalue weighted by Crippen LogP contribution is -2.27. The summed E-state index contributed by atoms with van der Waals surface area (Å²) in [6, 6.07) is 7.93. The van der Waals surface area contributed by atoms with E-state index in [1.165, 1.54) is 5.56 Å². The van der Waals surface area contributed by atoms with Gasteiger partial charge >= 0.3 is 0 Å². The molecule has 0 aromatic heterocycles. The van der Waals surface area contributed by atoms with Gasteiger partial charge in [-0.15, -0.1) is 6.58 Å². The smallest absolute Gasteiger partial charge is 0.210 e. The highest BCUT2D eigenvalue weighted by atomic mass is 28.4. The van der Waals surface area contributed by atoms with Crippen molar-refractivity contribution in [3.63, 3.8) is 0 Å². The Hall–Kier alpha value is -1.06. The fourth-order valence-electron chi connectivity index (χ4n) is 1.05. The molecule has 0 saturated carbocycles. The fourth-order valence-corrected chi connectivity index (χ4v) is 1.71. The Bertz CT molecular complexity index is 317. The van der Waals surface area contributed by atoms with Gasteiger partial charge in [-0.05, 0) is 30.8 Å². The molecule has 0 amide bonds. The molecule has 3 heteroatoms. The van der Waals surface area contributed by atoms with Crippen molar-refractivity contribution < 1.29 is 9.16 Å². The van der Waals surface area contributed by atoms with Crippen molar-refractivity contribution in [2.75, 3.05) is 7.11 Å². The zero-order valence-electron chi connectivity index (χ0n) is 9.62. The summed E-state index contributed by atoms with van der Waals surface area (Å²) in [7, 11) is 0.0166. The van der Waals surface area contributed by atoms with Gasteiger partial charge in [-0.25, -0.2) is 0 Å². The zero-order chi connectivity index (χ0) is 11.3. The van der Waals surface area contributed by atoms with Crippen molar-refractivity contribution in [1.29, 1.82) is 0 Å². The van der Waals surface area contributed by atoms with Crippen molar-refractivity contribution in [3.05, 3.63) is 42.1 Å². The molecular weight excluding hydrogens is 204 g/mol. The van der Waals surface area contributed by atoms with Gasteiger partial charge in [-0.2, -0.15) is 0 Å². The van der Waals surface area contributed by atoms with Crippen LogP contribution in [0.15, 0.2) is 36.5 Å². The summed E-state index contributed by atoms with van der Waals surface area (Å²) in [6.07, 6.45) is 0. The third-order valence-electron chi connectivity index (χ3n) is 2.26. The molecule has 0 unspecified atom stereocenters. The Morgan fingerprint density at radius 3 is 2.33 bits per heavy atom. The van der Waals surface area contributed by atoms with Crippen LogP contribution in [0.1, 0.15) is 5.56 Å². The molecule has 1 aromatic rings. The molecule has 0 aliphatic heterocycles. The van der Waals surface area contributed by atoms with Crippen LogP contribution >= 0.6 is 0 Å². The molecule has 2 nitrogen and oxygen atoms in total. The molecule has 0 aliphatic carbocycles. The lowest BCUT2D eigenvalue weighted by molar-refractivity contribution is 0.303. The molecule has 0 radical (unpaired) electrons. The molecule has 0 aliphatic rings. The van der Waals surface area contributed by atoms with Gasteiger partial charge in [0.15, 0.2) is 0 Å². The van der Waals surface area contributed by atoms with Crippen LogP contribution in [0.5, 0.6) is 5.75 Å². The number of benzene rings is 1. The molecule has 0 atom stereocenters. The Morgan fingerprint density at radius 1 is 1.27 bits per heavy atom. The topological polar surface area (TPSA) is 18.5 Å². The van der Waals surface area contributed by atoms with E-state index in [9.17, 15) is 0 Å². The second-order valence-electron chi connectivity index (χ2n) is 3.94. The van der Waals surface area contributed by atoms with Crippen LogP contribution in [0.25, 0.3) is 0 Å². The number of hydrogen-bond donors (Lipinski definition) is 0. The van der Waals surface area contributed by atoms with Crippen LogP contribution < -0.4 is 4.74 Å².